The summed E-state index contributed by atoms with van der Waals surface area (Å²) in [6.07, 6.45) is 9.47. The van der Waals surface area contributed by atoms with Crippen LogP contribution < -0.4 is 5.73 Å². The van der Waals surface area contributed by atoms with E-state index in [1.807, 2.05) is 0 Å². The first-order valence-electron chi connectivity index (χ1n) is 6.04. The highest BCUT2D eigenvalue weighted by Crippen LogP contribution is 2.27. The van der Waals surface area contributed by atoms with Crippen LogP contribution in [0, 0.1) is 5.92 Å². The van der Waals surface area contributed by atoms with Crippen molar-refractivity contribution in [3.8, 4) is 0 Å². The Kier molecular flexibility index (Phi) is 3.29. The standard InChI is InChI=1S/C12H21N3/c1-2-8-15-11(9-14-12(15)13)10-6-4-3-5-7-10/h3-4,10-11H,2,5-9H2,1H3,(H2,13,14). The molecular formula is C12H21N3. The van der Waals surface area contributed by atoms with Crippen molar-refractivity contribution in [2.24, 2.45) is 16.6 Å². The lowest BCUT2D eigenvalue weighted by Crippen LogP contribution is -2.45. The fourth-order valence-electron chi connectivity index (χ4n) is 2.64. The number of allylic oxidation sites excluding steroid dienone is 2. The highest BCUT2D eigenvalue weighted by molar-refractivity contribution is 5.80. The molecular weight excluding hydrogens is 186 g/mol. The molecule has 1 aliphatic carbocycles. The van der Waals surface area contributed by atoms with Gasteiger partial charge in [-0.2, -0.15) is 0 Å². The highest BCUT2D eigenvalue weighted by Gasteiger charge is 2.31. The van der Waals surface area contributed by atoms with Gasteiger partial charge in [-0.15, -0.1) is 0 Å². The molecule has 2 atom stereocenters. The monoisotopic (exact) mass is 207 g/mol. The third-order valence-corrected chi connectivity index (χ3v) is 3.45. The minimum atomic E-state index is 0.565. The fourth-order valence-corrected chi connectivity index (χ4v) is 2.64. The van der Waals surface area contributed by atoms with Crippen molar-refractivity contribution in [1.82, 2.24) is 4.90 Å². The SMILES string of the molecule is CCCN1C(N)=NCC1C1CC=CCC1. The second-order valence-corrected chi connectivity index (χ2v) is 4.50. The van der Waals surface area contributed by atoms with Gasteiger partial charge >= 0.3 is 0 Å². The molecule has 1 heterocycles. The molecule has 84 valence electrons. The smallest absolute Gasteiger partial charge is 0.191 e. The molecule has 0 aromatic heterocycles. The predicted molar refractivity (Wildman–Crippen MR) is 63.8 cm³/mol. The van der Waals surface area contributed by atoms with Crippen LogP contribution in [-0.4, -0.2) is 30.0 Å². The molecule has 0 saturated heterocycles. The lowest BCUT2D eigenvalue weighted by atomic mass is 9.87. The summed E-state index contributed by atoms with van der Waals surface area (Å²) < 4.78 is 0. The van der Waals surface area contributed by atoms with Crippen molar-refractivity contribution >= 4 is 5.96 Å². The first kappa shape index (κ1) is 10.5. The lowest BCUT2D eigenvalue weighted by molar-refractivity contribution is 0.236. The third-order valence-electron chi connectivity index (χ3n) is 3.45. The van der Waals surface area contributed by atoms with Crippen molar-refractivity contribution < 1.29 is 0 Å². The van der Waals surface area contributed by atoms with E-state index in [0.29, 0.717) is 6.04 Å². The largest absolute Gasteiger partial charge is 0.370 e. The van der Waals surface area contributed by atoms with Gasteiger partial charge in [0.25, 0.3) is 0 Å². The minimum Gasteiger partial charge on any atom is -0.370 e. The summed E-state index contributed by atoms with van der Waals surface area (Å²) in [4.78, 5) is 6.70. The lowest BCUT2D eigenvalue weighted by Gasteiger charge is -2.33. The maximum atomic E-state index is 5.92. The van der Waals surface area contributed by atoms with Crippen molar-refractivity contribution in [2.45, 2.75) is 38.6 Å². The van der Waals surface area contributed by atoms with Crippen molar-refractivity contribution in [3.63, 3.8) is 0 Å². The zero-order chi connectivity index (χ0) is 10.7. The molecule has 0 aromatic carbocycles. The molecule has 0 aromatic rings. The van der Waals surface area contributed by atoms with Gasteiger partial charge in [0.2, 0.25) is 0 Å². The van der Waals surface area contributed by atoms with E-state index >= 15 is 0 Å². The zero-order valence-corrected chi connectivity index (χ0v) is 9.52. The topological polar surface area (TPSA) is 41.6 Å². The van der Waals surface area contributed by atoms with E-state index in [0.717, 1.165) is 31.4 Å². The summed E-state index contributed by atoms with van der Waals surface area (Å²) in [5.74, 6) is 1.52. The summed E-state index contributed by atoms with van der Waals surface area (Å²) in [6.45, 7) is 4.16. The molecule has 0 bridgehead atoms. The van der Waals surface area contributed by atoms with Crippen LogP contribution in [0.3, 0.4) is 0 Å². The van der Waals surface area contributed by atoms with Gasteiger partial charge < -0.3 is 10.6 Å². The third kappa shape index (κ3) is 2.16. The molecule has 0 fully saturated rings. The Labute approximate surface area is 92.0 Å². The van der Waals surface area contributed by atoms with Gasteiger partial charge in [0.15, 0.2) is 5.96 Å². The fraction of sp³-hybridized carbons (Fsp3) is 0.750. The molecule has 0 radical (unpaired) electrons. The molecule has 3 nitrogen and oxygen atoms in total. The van der Waals surface area contributed by atoms with Crippen molar-refractivity contribution in [2.75, 3.05) is 13.1 Å². The number of hydrogen-bond donors (Lipinski definition) is 1. The molecule has 3 heteroatoms. The normalized spacial score (nSPS) is 30.7. The average Bonchev–Trinajstić information content (AvgIpc) is 2.63. The van der Waals surface area contributed by atoms with Crippen LogP contribution in [-0.2, 0) is 0 Å². The number of aliphatic imine (C=N–C) groups is 1. The van der Waals surface area contributed by atoms with E-state index < -0.39 is 0 Å². The van der Waals surface area contributed by atoms with Gasteiger partial charge in [-0.1, -0.05) is 19.1 Å². The number of rotatable bonds is 3. The second-order valence-electron chi connectivity index (χ2n) is 4.50. The zero-order valence-electron chi connectivity index (χ0n) is 9.52. The molecule has 0 saturated carbocycles. The number of nitrogens with zero attached hydrogens (tertiary/aromatic N) is 2. The molecule has 2 unspecified atom stereocenters. The molecule has 2 aliphatic rings. The van der Waals surface area contributed by atoms with Crippen LogP contribution in [0.25, 0.3) is 0 Å². The maximum Gasteiger partial charge on any atom is 0.191 e. The summed E-state index contributed by atoms with van der Waals surface area (Å²) in [5, 5.41) is 0. The van der Waals surface area contributed by atoms with Crippen molar-refractivity contribution in [1.29, 1.82) is 0 Å². The summed E-state index contributed by atoms with van der Waals surface area (Å²) in [7, 11) is 0. The van der Waals surface area contributed by atoms with Gasteiger partial charge in [-0.25, -0.2) is 0 Å². The second kappa shape index (κ2) is 4.69. The Morgan fingerprint density at radius 3 is 3.07 bits per heavy atom. The van der Waals surface area contributed by atoms with E-state index in [4.69, 9.17) is 5.73 Å². The van der Waals surface area contributed by atoms with Crippen LogP contribution in [0.15, 0.2) is 17.1 Å². The highest BCUT2D eigenvalue weighted by atomic mass is 15.3. The molecule has 1 aliphatic heterocycles. The van der Waals surface area contributed by atoms with Gasteiger partial charge in [0, 0.05) is 6.54 Å². The Balaban J connectivity index is 1.99. The predicted octanol–water partition coefficient (Wildman–Crippen LogP) is 1.75. The molecule has 15 heavy (non-hydrogen) atoms. The molecule has 2 rings (SSSR count). The summed E-state index contributed by atoms with van der Waals surface area (Å²) >= 11 is 0. The summed E-state index contributed by atoms with van der Waals surface area (Å²) in [5.41, 5.74) is 5.92. The van der Waals surface area contributed by atoms with Crippen LogP contribution in [0.2, 0.25) is 0 Å². The Bertz CT molecular complexity index is 270. The van der Waals surface area contributed by atoms with Gasteiger partial charge in [-0.3, -0.25) is 4.99 Å². The van der Waals surface area contributed by atoms with Crippen LogP contribution in [0.1, 0.15) is 32.6 Å². The quantitative estimate of drug-likeness (QED) is 0.716. The maximum absolute atomic E-state index is 5.92. The number of nitrogens with two attached hydrogens (primary N) is 1. The van der Waals surface area contributed by atoms with Gasteiger partial charge in [-0.05, 0) is 31.6 Å². The van der Waals surface area contributed by atoms with E-state index in [9.17, 15) is 0 Å². The van der Waals surface area contributed by atoms with E-state index in [2.05, 4.69) is 29.0 Å². The van der Waals surface area contributed by atoms with E-state index in [-0.39, 0.29) is 0 Å². The van der Waals surface area contributed by atoms with E-state index in [1.165, 1.54) is 19.3 Å². The Hall–Kier alpha value is -0.990. The first-order chi connectivity index (χ1) is 7.33. The summed E-state index contributed by atoms with van der Waals surface area (Å²) in [6, 6.07) is 0.565. The van der Waals surface area contributed by atoms with Gasteiger partial charge in [0.05, 0.1) is 12.6 Å². The van der Waals surface area contributed by atoms with Crippen molar-refractivity contribution in [3.05, 3.63) is 12.2 Å². The molecule has 2 N–H and O–H groups in total. The van der Waals surface area contributed by atoms with E-state index in [1.54, 1.807) is 0 Å². The van der Waals surface area contributed by atoms with Crippen LogP contribution in [0.4, 0.5) is 0 Å². The molecule has 0 amide bonds. The van der Waals surface area contributed by atoms with Crippen LogP contribution >= 0.6 is 0 Å². The van der Waals surface area contributed by atoms with Crippen LogP contribution in [0.5, 0.6) is 0 Å². The van der Waals surface area contributed by atoms with Gasteiger partial charge in [0.1, 0.15) is 0 Å². The Morgan fingerprint density at radius 1 is 1.53 bits per heavy atom. The first-order valence-corrected chi connectivity index (χ1v) is 6.04. The minimum absolute atomic E-state index is 0.565. The Morgan fingerprint density at radius 2 is 2.40 bits per heavy atom. The molecule has 0 spiro atoms. The number of hydrogen-bond acceptors (Lipinski definition) is 3. The number of guanidine groups is 1. The average molecular weight is 207 g/mol.